The lowest BCUT2D eigenvalue weighted by Crippen LogP contribution is -2.41. The minimum atomic E-state index is -0.0854. The van der Waals surface area contributed by atoms with E-state index >= 15 is 0 Å². The predicted molar refractivity (Wildman–Crippen MR) is 88.4 cm³/mol. The number of hydrogen-bond donors (Lipinski definition) is 1. The van der Waals surface area contributed by atoms with Gasteiger partial charge in [0, 0.05) is 30.8 Å². The molecular formula is C16H22N6O2. The van der Waals surface area contributed by atoms with Crippen LogP contribution in [0.15, 0.2) is 24.3 Å². The molecule has 128 valence electrons. The first-order valence-electron chi connectivity index (χ1n) is 8.04. The first-order valence-corrected chi connectivity index (χ1v) is 8.04. The zero-order chi connectivity index (χ0) is 16.9. The normalized spacial score (nSPS) is 18.5. The van der Waals surface area contributed by atoms with Gasteiger partial charge in [-0.2, -0.15) is 4.80 Å². The molecule has 2 aromatic rings. The van der Waals surface area contributed by atoms with E-state index in [-0.39, 0.29) is 12.0 Å². The molecule has 8 nitrogen and oxygen atoms in total. The summed E-state index contributed by atoms with van der Waals surface area (Å²) in [5, 5.41) is 14.8. The van der Waals surface area contributed by atoms with E-state index in [1.165, 1.54) is 4.80 Å². The van der Waals surface area contributed by atoms with E-state index < -0.39 is 0 Å². The molecule has 1 amide bonds. The maximum atomic E-state index is 12.2. The summed E-state index contributed by atoms with van der Waals surface area (Å²) in [7, 11) is 3.80. The van der Waals surface area contributed by atoms with Crippen molar-refractivity contribution in [2.45, 2.75) is 12.5 Å². The van der Waals surface area contributed by atoms with Gasteiger partial charge in [0.05, 0.1) is 19.8 Å². The van der Waals surface area contributed by atoms with Gasteiger partial charge in [0.25, 0.3) is 5.91 Å². The van der Waals surface area contributed by atoms with E-state index in [0.29, 0.717) is 17.9 Å². The Morgan fingerprint density at radius 3 is 2.79 bits per heavy atom. The lowest BCUT2D eigenvalue weighted by Gasteiger charge is -2.30. The highest BCUT2D eigenvalue weighted by molar-refractivity contribution is 5.94. The molecule has 8 heteroatoms. The minimum absolute atomic E-state index is 0.0854. The van der Waals surface area contributed by atoms with Crippen molar-refractivity contribution >= 4 is 5.91 Å². The molecule has 1 aliphatic rings. The summed E-state index contributed by atoms with van der Waals surface area (Å²) in [6.45, 7) is 3.24. The summed E-state index contributed by atoms with van der Waals surface area (Å²) >= 11 is 0. The van der Waals surface area contributed by atoms with Gasteiger partial charge in [-0.25, -0.2) is 0 Å². The van der Waals surface area contributed by atoms with E-state index in [0.717, 1.165) is 31.7 Å². The fourth-order valence-corrected chi connectivity index (χ4v) is 2.66. The van der Waals surface area contributed by atoms with Crippen LogP contribution in [0, 0.1) is 0 Å². The molecule has 1 aromatic carbocycles. The number of carbonyl (C=O) groups is 1. The molecule has 0 radical (unpaired) electrons. The average molecular weight is 330 g/mol. The Kier molecular flexibility index (Phi) is 5.17. The highest BCUT2D eigenvalue weighted by atomic mass is 16.5. The monoisotopic (exact) mass is 330 g/mol. The topological polar surface area (TPSA) is 85.2 Å². The number of tetrazole rings is 1. The van der Waals surface area contributed by atoms with Crippen LogP contribution >= 0.6 is 0 Å². The third kappa shape index (κ3) is 4.15. The van der Waals surface area contributed by atoms with Gasteiger partial charge < -0.3 is 15.0 Å². The first-order chi connectivity index (χ1) is 11.6. The van der Waals surface area contributed by atoms with E-state index in [2.05, 4.69) is 32.7 Å². The van der Waals surface area contributed by atoms with E-state index in [9.17, 15) is 4.79 Å². The Hall–Kier alpha value is -2.32. The standard InChI is InChI=1S/C16H22N6O2/c1-21-9-10-24-14(11-21)7-8-17-16(23)13-5-3-12(4-6-13)15-18-20-22(2)19-15/h3-6,14H,7-11H2,1-2H3,(H,17,23)/t14-/m0/s1. The van der Waals surface area contributed by atoms with Crippen LogP contribution in [0.1, 0.15) is 16.8 Å². The molecule has 2 heterocycles. The zero-order valence-corrected chi connectivity index (χ0v) is 14.0. The van der Waals surface area contributed by atoms with Gasteiger partial charge in [-0.15, -0.1) is 10.2 Å². The summed E-state index contributed by atoms with van der Waals surface area (Å²) in [5.41, 5.74) is 1.45. The SMILES string of the molecule is CN1CCO[C@@H](CCNC(=O)c2ccc(-c3nnn(C)n3)cc2)C1. The van der Waals surface area contributed by atoms with Crippen LogP contribution in [0.2, 0.25) is 0 Å². The number of nitrogens with one attached hydrogen (secondary N) is 1. The Morgan fingerprint density at radius 2 is 2.12 bits per heavy atom. The second-order valence-electron chi connectivity index (χ2n) is 5.98. The first kappa shape index (κ1) is 16.5. The second-order valence-corrected chi connectivity index (χ2v) is 5.98. The fraction of sp³-hybridized carbons (Fsp3) is 0.500. The smallest absolute Gasteiger partial charge is 0.251 e. The molecule has 3 rings (SSSR count). The number of carbonyl (C=O) groups excluding carboxylic acids is 1. The van der Waals surface area contributed by atoms with Crippen molar-refractivity contribution in [2.75, 3.05) is 33.3 Å². The quantitative estimate of drug-likeness (QED) is 0.850. The number of ether oxygens (including phenoxy) is 1. The van der Waals surface area contributed by atoms with Crippen LogP contribution in [0.5, 0.6) is 0 Å². The predicted octanol–water partition coefficient (Wildman–Crippen LogP) is 0.328. The number of hydrogen-bond acceptors (Lipinski definition) is 6. The molecule has 1 N–H and O–H groups in total. The summed E-state index contributed by atoms with van der Waals surface area (Å²) in [5.74, 6) is 0.459. The van der Waals surface area contributed by atoms with Crippen LogP contribution in [0.4, 0.5) is 0 Å². The van der Waals surface area contributed by atoms with Gasteiger partial charge in [-0.05, 0) is 30.8 Å². The molecule has 1 saturated heterocycles. The third-order valence-electron chi connectivity index (χ3n) is 4.01. The molecular weight excluding hydrogens is 308 g/mol. The Balaban J connectivity index is 1.50. The van der Waals surface area contributed by atoms with Gasteiger partial charge in [-0.1, -0.05) is 12.1 Å². The van der Waals surface area contributed by atoms with Crippen molar-refractivity contribution in [1.29, 1.82) is 0 Å². The molecule has 0 bridgehead atoms. The van der Waals surface area contributed by atoms with Crippen molar-refractivity contribution in [2.24, 2.45) is 7.05 Å². The average Bonchev–Trinajstić information content (AvgIpc) is 3.01. The third-order valence-corrected chi connectivity index (χ3v) is 4.01. The number of nitrogens with zero attached hydrogens (tertiary/aromatic N) is 5. The molecule has 1 atom stereocenters. The maximum absolute atomic E-state index is 12.2. The van der Waals surface area contributed by atoms with E-state index in [1.54, 1.807) is 19.2 Å². The Morgan fingerprint density at radius 1 is 1.33 bits per heavy atom. The molecule has 1 fully saturated rings. The fourth-order valence-electron chi connectivity index (χ4n) is 2.66. The number of aromatic nitrogens is 4. The summed E-state index contributed by atoms with van der Waals surface area (Å²) < 4.78 is 5.69. The highest BCUT2D eigenvalue weighted by Gasteiger charge is 2.17. The molecule has 0 unspecified atom stereocenters. The van der Waals surface area contributed by atoms with Crippen molar-refractivity contribution in [3.05, 3.63) is 29.8 Å². The largest absolute Gasteiger partial charge is 0.375 e. The highest BCUT2D eigenvalue weighted by Crippen LogP contribution is 2.14. The van der Waals surface area contributed by atoms with Gasteiger partial charge in [0.1, 0.15) is 0 Å². The van der Waals surface area contributed by atoms with Crippen molar-refractivity contribution in [3.63, 3.8) is 0 Å². The van der Waals surface area contributed by atoms with Crippen LogP contribution < -0.4 is 5.32 Å². The van der Waals surface area contributed by atoms with Crippen molar-refractivity contribution in [1.82, 2.24) is 30.4 Å². The number of morpholine rings is 1. The van der Waals surface area contributed by atoms with Gasteiger partial charge >= 0.3 is 0 Å². The van der Waals surface area contributed by atoms with E-state index in [1.807, 2.05) is 12.1 Å². The van der Waals surface area contributed by atoms with Crippen molar-refractivity contribution in [3.8, 4) is 11.4 Å². The summed E-state index contributed by atoms with van der Waals surface area (Å²) in [6, 6.07) is 7.19. The molecule has 1 aromatic heterocycles. The van der Waals surface area contributed by atoms with Gasteiger partial charge in [0.15, 0.2) is 0 Å². The molecule has 0 aliphatic carbocycles. The van der Waals surface area contributed by atoms with Crippen LogP contribution in [-0.2, 0) is 11.8 Å². The molecule has 1 aliphatic heterocycles. The molecule has 24 heavy (non-hydrogen) atoms. The van der Waals surface area contributed by atoms with Crippen LogP contribution in [-0.4, -0.2) is 70.4 Å². The van der Waals surface area contributed by atoms with Crippen LogP contribution in [0.3, 0.4) is 0 Å². The van der Waals surface area contributed by atoms with Gasteiger partial charge in [0.2, 0.25) is 5.82 Å². The summed E-state index contributed by atoms with van der Waals surface area (Å²) in [4.78, 5) is 15.8. The number of rotatable bonds is 5. The second kappa shape index (κ2) is 7.50. The minimum Gasteiger partial charge on any atom is -0.375 e. The molecule has 0 saturated carbocycles. The van der Waals surface area contributed by atoms with Crippen LogP contribution in [0.25, 0.3) is 11.4 Å². The number of benzene rings is 1. The van der Waals surface area contributed by atoms with E-state index in [4.69, 9.17) is 4.74 Å². The molecule has 0 spiro atoms. The lowest BCUT2D eigenvalue weighted by molar-refractivity contribution is -0.0226. The Labute approximate surface area is 140 Å². The maximum Gasteiger partial charge on any atom is 0.251 e. The number of likely N-dealkylation sites (N-methyl/N-ethyl adjacent to an activating group) is 1. The van der Waals surface area contributed by atoms with Crippen molar-refractivity contribution < 1.29 is 9.53 Å². The summed E-state index contributed by atoms with van der Waals surface area (Å²) in [6.07, 6.45) is 1.01. The zero-order valence-electron chi connectivity index (χ0n) is 14.0. The lowest BCUT2D eigenvalue weighted by atomic mass is 10.1. The number of aryl methyl sites for hydroxylation is 1. The van der Waals surface area contributed by atoms with Gasteiger partial charge in [-0.3, -0.25) is 4.79 Å². The number of amides is 1. The Bertz CT molecular complexity index is 684.